The zero-order chi connectivity index (χ0) is 11.8. The second kappa shape index (κ2) is 3.54. The molecule has 2 rings (SSSR count). The van der Waals surface area contributed by atoms with Crippen LogP contribution >= 0.6 is 0 Å². The van der Waals surface area contributed by atoms with Crippen LogP contribution in [0.25, 0.3) is 11.5 Å². The highest BCUT2D eigenvalue weighted by atomic mass is 19.4. The van der Waals surface area contributed by atoms with E-state index in [2.05, 4.69) is 20.5 Å². The molecule has 0 bridgehead atoms. The summed E-state index contributed by atoms with van der Waals surface area (Å²) in [5.41, 5.74) is -0.508. The number of halogens is 3. The molecule has 8 heteroatoms. The molecule has 0 aliphatic heterocycles. The molecular weight excluding hydrogens is 223 g/mol. The van der Waals surface area contributed by atoms with Gasteiger partial charge in [-0.05, 0) is 22.6 Å². The Morgan fingerprint density at radius 2 is 2.00 bits per heavy atom. The molecule has 0 N–H and O–H groups in total. The van der Waals surface area contributed by atoms with Gasteiger partial charge in [0.1, 0.15) is 5.69 Å². The minimum atomic E-state index is -4.39. The van der Waals surface area contributed by atoms with Crippen molar-refractivity contribution in [2.75, 3.05) is 0 Å². The summed E-state index contributed by atoms with van der Waals surface area (Å²) >= 11 is 0. The largest absolute Gasteiger partial charge is 0.417 e. The summed E-state index contributed by atoms with van der Waals surface area (Å²) < 4.78 is 38.1. The molecule has 2 heterocycles. The van der Waals surface area contributed by atoms with Crippen LogP contribution in [0.15, 0.2) is 18.3 Å². The van der Waals surface area contributed by atoms with Crippen molar-refractivity contribution in [3.05, 3.63) is 23.9 Å². The topological polar surface area (TPSA) is 56.5 Å². The molecule has 84 valence electrons. The summed E-state index contributed by atoms with van der Waals surface area (Å²) in [6, 6.07) is 2.17. The standard InChI is InChI=1S/C8H6F3N5/c1-16-7(13-14-15-16)6-3-2-5(4-12-6)8(9,10)11/h2-4H,1H3. The van der Waals surface area contributed by atoms with Crippen LogP contribution < -0.4 is 0 Å². The van der Waals surface area contributed by atoms with Gasteiger partial charge in [0.15, 0.2) is 5.82 Å². The predicted molar refractivity (Wildman–Crippen MR) is 47.0 cm³/mol. The van der Waals surface area contributed by atoms with Crippen LogP contribution in [0.5, 0.6) is 0 Å². The van der Waals surface area contributed by atoms with E-state index in [1.807, 2.05) is 0 Å². The summed E-state index contributed by atoms with van der Waals surface area (Å²) in [7, 11) is 1.58. The van der Waals surface area contributed by atoms with Gasteiger partial charge in [-0.2, -0.15) is 13.2 Å². The van der Waals surface area contributed by atoms with Crippen molar-refractivity contribution in [3.8, 4) is 11.5 Å². The van der Waals surface area contributed by atoms with Crippen molar-refractivity contribution in [1.29, 1.82) is 0 Å². The smallest absolute Gasteiger partial charge is 0.252 e. The van der Waals surface area contributed by atoms with Crippen molar-refractivity contribution in [2.24, 2.45) is 7.05 Å². The van der Waals surface area contributed by atoms with Gasteiger partial charge in [-0.1, -0.05) is 0 Å². The number of hydrogen-bond acceptors (Lipinski definition) is 4. The normalized spacial score (nSPS) is 11.8. The SMILES string of the molecule is Cn1nnnc1-c1ccc(C(F)(F)F)cn1. The first-order valence-corrected chi connectivity index (χ1v) is 4.24. The molecule has 0 aliphatic carbocycles. The lowest BCUT2D eigenvalue weighted by molar-refractivity contribution is -0.137. The zero-order valence-electron chi connectivity index (χ0n) is 8.10. The van der Waals surface area contributed by atoms with Gasteiger partial charge in [-0.25, -0.2) is 4.68 Å². The number of aryl methyl sites for hydroxylation is 1. The first-order valence-electron chi connectivity index (χ1n) is 4.24. The molecule has 0 saturated heterocycles. The Balaban J connectivity index is 2.37. The van der Waals surface area contributed by atoms with Gasteiger partial charge < -0.3 is 0 Å². The van der Waals surface area contributed by atoms with Crippen LogP contribution in [-0.4, -0.2) is 25.2 Å². The van der Waals surface area contributed by atoms with Gasteiger partial charge >= 0.3 is 6.18 Å². The maximum atomic E-state index is 12.3. The average Bonchev–Trinajstić information content (AvgIpc) is 2.63. The van der Waals surface area contributed by atoms with E-state index in [-0.39, 0.29) is 0 Å². The number of pyridine rings is 1. The molecule has 0 fully saturated rings. The molecule has 2 aromatic heterocycles. The third-order valence-electron chi connectivity index (χ3n) is 1.94. The average molecular weight is 229 g/mol. The molecule has 0 aromatic carbocycles. The number of alkyl halides is 3. The fourth-order valence-electron chi connectivity index (χ4n) is 1.14. The Labute approximate surface area is 87.9 Å². The molecule has 0 amide bonds. The van der Waals surface area contributed by atoms with Crippen molar-refractivity contribution >= 4 is 0 Å². The summed E-state index contributed by atoms with van der Waals surface area (Å²) in [6.45, 7) is 0. The zero-order valence-corrected chi connectivity index (χ0v) is 8.10. The summed E-state index contributed by atoms with van der Waals surface area (Å²) in [4.78, 5) is 3.67. The lowest BCUT2D eigenvalue weighted by Gasteiger charge is -2.05. The van der Waals surface area contributed by atoms with Gasteiger partial charge in [0.2, 0.25) is 0 Å². The maximum absolute atomic E-state index is 12.3. The van der Waals surface area contributed by atoms with Crippen LogP contribution in [0.3, 0.4) is 0 Å². The summed E-state index contributed by atoms with van der Waals surface area (Å²) in [5.74, 6) is 0.314. The molecule has 0 atom stereocenters. The Hall–Kier alpha value is -1.99. The first kappa shape index (κ1) is 10.5. The van der Waals surface area contributed by atoms with Crippen molar-refractivity contribution in [2.45, 2.75) is 6.18 Å². The summed E-state index contributed by atoms with van der Waals surface area (Å²) in [6.07, 6.45) is -3.63. The maximum Gasteiger partial charge on any atom is 0.417 e. The van der Waals surface area contributed by atoms with Gasteiger partial charge in [-0.15, -0.1) is 5.10 Å². The quantitative estimate of drug-likeness (QED) is 0.739. The van der Waals surface area contributed by atoms with Gasteiger partial charge in [-0.3, -0.25) is 4.98 Å². The van der Waals surface area contributed by atoms with Crippen LogP contribution in [0.2, 0.25) is 0 Å². The summed E-state index contributed by atoms with van der Waals surface area (Å²) in [5, 5.41) is 10.6. The van der Waals surface area contributed by atoms with Gasteiger partial charge in [0, 0.05) is 13.2 Å². The number of rotatable bonds is 1. The van der Waals surface area contributed by atoms with E-state index in [1.165, 1.54) is 10.7 Å². The molecule has 0 aliphatic rings. The fraction of sp³-hybridized carbons (Fsp3) is 0.250. The second-order valence-electron chi connectivity index (χ2n) is 3.06. The minimum absolute atomic E-state index is 0.292. The Kier molecular flexibility index (Phi) is 2.33. The van der Waals surface area contributed by atoms with E-state index < -0.39 is 11.7 Å². The predicted octanol–water partition coefficient (Wildman–Crippen LogP) is 1.29. The van der Waals surface area contributed by atoms with Crippen molar-refractivity contribution in [3.63, 3.8) is 0 Å². The minimum Gasteiger partial charge on any atom is -0.252 e. The number of nitrogens with zero attached hydrogens (tertiary/aromatic N) is 5. The molecule has 0 saturated carbocycles. The van der Waals surface area contributed by atoms with Crippen molar-refractivity contribution < 1.29 is 13.2 Å². The number of hydrogen-bond donors (Lipinski definition) is 0. The highest BCUT2D eigenvalue weighted by Crippen LogP contribution is 2.29. The third kappa shape index (κ3) is 1.86. The van der Waals surface area contributed by atoms with Crippen LogP contribution in [0, 0.1) is 0 Å². The van der Waals surface area contributed by atoms with E-state index >= 15 is 0 Å². The monoisotopic (exact) mass is 229 g/mol. The molecule has 0 spiro atoms. The van der Waals surface area contributed by atoms with Crippen LogP contribution in [-0.2, 0) is 13.2 Å². The third-order valence-corrected chi connectivity index (χ3v) is 1.94. The first-order chi connectivity index (χ1) is 7.48. The van der Waals surface area contributed by atoms with E-state index in [0.717, 1.165) is 12.3 Å². The number of aromatic nitrogens is 5. The highest BCUT2D eigenvalue weighted by Gasteiger charge is 2.30. The van der Waals surface area contributed by atoms with Crippen molar-refractivity contribution in [1.82, 2.24) is 25.2 Å². The lowest BCUT2D eigenvalue weighted by Crippen LogP contribution is -2.05. The highest BCUT2D eigenvalue weighted by molar-refractivity contribution is 5.48. The number of tetrazole rings is 1. The molecule has 2 aromatic rings. The Bertz CT molecular complexity index is 487. The second-order valence-corrected chi connectivity index (χ2v) is 3.06. The fourth-order valence-corrected chi connectivity index (χ4v) is 1.14. The van der Waals surface area contributed by atoms with Gasteiger partial charge in [0.05, 0.1) is 5.56 Å². The van der Waals surface area contributed by atoms with Crippen LogP contribution in [0.4, 0.5) is 13.2 Å². The Morgan fingerprint density at radius 1 is 1.25 bits per heavy atom. The molecule has 16 heavy (non-hydrogen) atoms. The van der Waals surface area contributed by atoms with E-state index in [0.29, 0.717) is 11.5 Å². The molecular formula is C8H6F3N5. The van der Waals surface area contributed by atoms with Gasteiger partial charge in [0.25, 0.3) is 0 Å². The Morgan fingerprint density at radius 3 is 2.44 bits per heavy atom. The van der Waals surface area contributed by atoms with E-state index in [1.54, 1.807) is 7.05 Å². The molecule has 5 nitrogen and oxygen atoms in total. The van der Waals surface area contributed by atoms with E-state index in [9.17, 15) is 13.2 Å². The van der Waals surface area contributed by atoms with Crippen LogP contribution in [0.1, 0.15) is 5.56 Å². The molecule has 0 radical (unpaired) electrons. The molecule has 0 unspecified atom stereocenters. The lowest BCUT2D eigenvalue weighted by atomic mass is 10.2. The van der Waals surface area contributed by atoms with E-state index in [4.69, 9.17) is 0 Å².